The lowest BCUT2D eigenvalue weighted by Gasteiger charge is -2.38. The third-order valence-electron chi connectivity index (χ3n) is 5.66. The van der Waals surface area contributed by atoms with Gasteiger partial charge in [0, 0.05) is 38.4 Å². The zero-order chi connectivity index (χ0) is 22.2. The number of anilines is 1. The van der Waals surface area contributed by atoms with Gasteiger partial charge in [0.25, 0.3) is 0 Å². The smallest absolute Gasteiger partial charge is 0.407 e. The normalized spacial score (nSPS) is 19.6. The van der Waals surface area contributed by atoms with Crippen molar-refractivity contribution in [2.75, 3.05) is 24.5 Å². The van der Waals surface area contributed by atoms with Crippen LogP contribution in [0.2, 0.25) is 0 Å². The first-order chi connectivity index (χ1) is 14.7. The number of nitrogens with zero attached hydrogens (tertiary/aromatic N) is 6. The highest BCUT2D eigenvalue weighted by Crippen LogP contribution is 2.30. The van der Waals surface area contributed by atoms with Gasteiger partial charge in [-0.15, -0.1) is 0 Å². The number of aromatic nitrogens is 5. The van der Waals surface area contributed by atoms with E-state index in [-0.39, 0.29) is 6.09 Å². The van der Waals surface area contributed by atoms with Crippen LogP contribution in [0, 0.1) is 11.8 Å². The summed E-state index contributed by atoms with van der Waals surface area (Å²) in [5, 5.41) is 11.6. The van der Waals surface area contributed by atoms with Crippen LogP contribution in [0.4, 0.5) is 10.6 Å². The second kappa shape index (κ2) is 8.20. The fourth-order valence-electron chi connectivity index (χ4n) is 4.05. The molecular weight excluding hydrogens is 394 g/mol. The van der Waals surface area contributed by atoms with E-state index in [1.807, 2.05) is 57.0 Å². The molecule has 1 fully saturated rings. The standard InChI is InChI=1S/C22H31N7O2/c1-15-12-28(9-7-16(15)10-23-21(30)31-22(2,3)4)20-19-6-8-24-29(19)14-18(26-20)17-11-25-27(5)13-17/h6,8,11,13-16H,7,9-10,12H2,1-5H3,(H,23,30). The minimum Gasteiger partial charge on any atom is -0.444 e. The molecule has 0 aromatic carbocycles. The summed E-state index contributed by atoms with van der Waals surface area (Å²) in [6.45, 7) is 10.2. The Morgan fingerprint density at radius 1 is 1.29 bits per heavy atom. The van der Waals surface area contributed by atoms with Gasteiger partial charge in [0.05, 0.1) is 24.3 Å². The van der Waals surface area contributed by atoms with Crippen molar-refractivity contribution < 1.29 is 9.53 Å². The van der Waals surface area contributed by atoms with Gasteiger partial charge >= 0.3 is 6.09 Å². The van der Waals surface area contributed by atoms with Gasteiger partial charge in [-0.05, 0) is 45.1 Å². The van der Waals surface area contributed by atoms with Gasteiger partial charge in [-0.2, -0.15) is 10.2 Å². The Morgan fingerprint density at radius 3 is 2.77 bits per heavy atom. The molecule has 31 heavy (non-hydrogen) atoms. The topological polar surface area (TPSA) is 89.6 Å². The van der Waals surface area contributed by atoms with Gasteiger partial charge in [0.1, 0.15) is 11.1 Å². The van der Waals surface area contributed by atoms with E-state index in [2.05, 4.69) is 27.3 Å². The molecule has 166 valence electrons. The lowest BCUT2D eigenvalue weighted by molar-refractivity contribution is 0.0511. The van der Waals surface area contributed by atoms with Crippen molar-refractivity contribution in [3.63, 3.8) is 0 Å². The monoisotopic (exact) mass is 425 g/mol. The second-order valence-corrected chi connectivity index (χ2v) is 9.37. The van der Waals surface area contributed by atoms with E-state index in [4.69, 9.17) is 9.72 Å². The zero-order valence-corrected chi connectivity index (χ0v) is 18.9. The van der Waals surface area contributed by atoms with Crippen LogP contribution in [0.15, 0.2) is 30.9 Å². The maximum absolute atomic E-state index is 12.0. The zero-order valence-electron chi connectivity index (χ0n) is 18.9. The molecule has 1 saturated heterocycles. The summed E-state index contributed by atoms with van der Waals surface area (Å²) < 4.78 is 9.02. The van der Waals surface area contributed by atoms with E-state index in [9.17, 15) is 4.79 Å². The van der Waals surface area contributed by atoms with Crippen LogP contribution in [0.3, 0.4) is 0 Å². The molecular formula is C22H31N7O2. The van der Waals surface area contributed by atoms with Crippen LogP contribution >= 0.6 is 0 Å². The molecule has 1 amide bonds. The second-order valence-electron chi connectivity index (χ2n) is 9.37. The largest absolute Gasteiger partial charge is 0.444 e. The molecule has 3 aromatic heterocycles. The molecule has 2 unspecified atom stereocenters. The lowest BCUT2D eigenvalue weighted by Crippen LogP contribution is -2.44. The fraction of sp³-hybridized carbons (Fsp3) is 0.545. The van der Waals surface area contributed by atoms with Crippen LogP contribution in [0.25, 0.3) is 16.8 Å². The number of fused-ring (bicyclic) bond motifs is 1. The number of piperidine rings is 1. The molecule has 0 bridgehead atoms. The Balaban J connectivity index is 1.48. The number of ether oxygens (including phenoxy) is 1. The first kappa shape index (κ1) is 21.1. The number of hydrogen-bond donors (Lipinski definition) is 1. The fourth-order valence-corrected chi connectivity index (χ4v) is 4.05. The minimum absolute atomic E-state index is 0.353. The minimum atomic E-state index is -0.485. The van der Waals surface area contributed by atoms with Crippen molar-refractivity contribution in [1.82, 2.24) is 29.7 Å². The van der Waals surface area contributed by atoms with Crippen LogP contribution in [0.5, 0.6) is 0 Å². The van der Waals surface area contributed by atoms with Gasteiger partial charge in [-0.3, -0.25) is 4.68 Å². The van der Waals surface area contributed by atoms with Crippen LogP contribution < -0.4 is 10.2 Å². The highest BCUT2D eigenvalue weighted by atomic mass is 16.6. The van der Waals surface area contributed by atoms with Crippen LogP contribution in [0.1, 0.15) is 34.1 Å². The molecule has 1 aliphatic heterocycles. The molecule has 1 aliphatic rings. The van der Waals surface area contributed by atoms with Gasteiger partial charge in [0.15, 0.2) is 5.82 Å². The maximum atomic E-state index is 12.0. The Morgan fingerprint density at radius 2 is 2.10 bits per heavy atom. The van der Waals surface area contributed by atoms with Crippen molar-refractivity contribution in [3.8, 4) is 11.3 Å². The lowest BCUT2D eigenvalue weighted by atomic mass is 9.87. The van der Waals surface area contributed by atoms with Crippen molar-refractivity contribution >= 4 is 17.4 Å². The van der Waals surface area contributed by atoms with Gasteiger partial charge < -0.3 is 15.0 Å². The average molecular weight is 426 g/mol. The number of alkyl carbamates (subject to hydrolysis) is 1. The van der Waals surface area contributed by atoms with E-state index in [0.717, 1.165) is 42.1 Å². The first-order valence-electron chi connectivity index (χ1n) is 10.7. The average Bonchev–Trinajstić information content (AvgIpc) is 3.33. The van der Waals surface area contributed by atoms with E-state index in [0.29, 0.717) is 18.4 Å². The highest BCUT2D eigenvalue weighted by Gasteiger charge is 2.29. The molecule has 1 N–H and O–H groups in total. The number of carbonyl (C=O) groups is 1. The third-order valence-corrected chi connectivity index (χ3v) is 5.66. The summed E-state index contributed by atoms with van der Waals surface area (Å²) >= 11 is 0. The Labute approximate surface area is 182 Å². The summed E-state index contributed by atoms with van der Waals surface area (Å²) in [7, 11) is 1.90. The van der Waals surface area contributed by atoms with Gasteiger partial charge in [-0.1, -0.05) is 6.92 Å². The predicted octanol–water partition coefficient (Wildman–Crippen LogP) is 3.12. The Hall–Kier alpha value is -3.10. The number of nitrogens with one attached hydrogen (secondary N) is 1. The molecule has 9 heteroatoms. The molecule has 0 spiro atoms. The molecule has 3 aromatic rings. The third kappa shape index (κ3) is 4.81. The number of hydrogen-bond acceptors (Lipinski definition) is 6. The molecule has 9 nitrogen and oxygen atoms in total. The van der Waals surface area contributed by atoms with Gasteiger partial charge in [0.2, 0.25) is 0 Å². The van der Waals surface area contributed by atoms with Crippen LogP contribution in [-0.2, 0) is 11.8 Å². The molecule has 4 heterocycles. The highest BCUT2D eigenvalue weighted by molar-refractivity contribution is 5.72. The Bertz CT molecular complexity index is 1070. The summed E-state index contributed by atoms with van der Waals surface area (Å²) in [4.78, 5) is 19.3. The molecule has 0 aliphatic carbocycles. The van der Waals surface area contributed by atoms with Crippen LogP contribution in [-0.4, -0.2) is 55.7 Å². The summed E-state index contributed by atoms with van der Waals surface area (Å²) in [6.07, 6.45) is 8.13. The Kier molecular flexibility index (Phi) is 5.60. The molecule has 2 atom stereocenters. The molecule has 0 radical (unpaired) electrons. The summed E-state index contributed by atoms with van der Waals surface area (Å²) in [5.74, 6) is 1.73. The summed E-state index contributed by atoms with van der Waals surface area (Å²) in [5.41, 5.74) is 2.32. The summed E-state index contributed by atoms with van der Waals surface area (Å²) in [6, 6.07) is 2.00. The van der Waals surface area contributed by atoms with E-state index >= 15 is 0 Å². The van der Waals surface area contributed by atoms with E-state index in [1.54, 1.807) is 10.9 Å². The maximum Gasteiger partial charge on any atom is 0.407 e. The van der Waals surface area contributed by atoms with Crippen molar-refractivity contribution in [2.45, 2.75) is 39.7 Å². The van der Waals surface area contributed by atoms with E-state index in [1.165, 1.54) is 0 Å². The number of aryl methyl sites for hydroxylation is 1. The quantitative estimate of drug-likeness (QED) is 0.691. The van der Waals surface area contributed by atoms with Crippen molar-refractivity contribution in [2.24, 2.45) is 18.9 Å². The van der Waals surface area contributed by atoms with Crippen molar-refractivity contribution in [3.05, 3.63) is 30.9 Å². The number of rotatable bonds is 4. The van der Waals surface area contributed by atoms with Gasteiger partial charge in [-0.25, -0.2) is 14.3 Å². The molecule has 4 rings (SSSR count). The first-order valence-corrected chi connectivity index (χ1v) is 10.7. The molecule has 0 saturated carbocycles. The van der Waals surface area contributed by atoms with Crippen molar-refractivity contribution in [1.29, 1.82) is 0 Å². The predicted molar refractivity (Wildman–Crippen MR) is 119 cm³/mol. The number of amides is 1. The van der Waals surface area contributed by atoms with E-state index < -0.39 is 5.60 Å². The number of carbonyl (C=O) groups excluding carboxylic acids is 1. The SMILES string of the molecule is CC1CN(c2nc(-c3cnn(C)c3)cn3nccc23)CCC1CNC(=O)OC(C)(C)C.